The van der Waals surface area contributed by atoms with Crippen molar-refractivity contribution in [2.75, 3.05) is 5.73 Å². The molecule has 0 radical (unpaired) electrons. The van der Waals surface area contributed by atoms with E-state index in [1.807, 2.05) is 0 Å². The lowest BCUT2D eigenvalue weighted by atomic mass is 10.1. The van der Waals surface area contributed by atoms with Crippen LogP contribution in [0.1, 0.15) is 22.5 Å². The molecule has 0 aliphatic carbocycles. The number of rotatable bonds is 3. The van der Waals surface area contributed by atoms with Crippen LogP contribution in [0.4, 0.5) is 20.2 Å². The molecule has 0 saturated carbocycles. The number of nitro groups is 1. The van der Waals surface area contributed by atoms with Crippen LogP contribution < -0.4 is 5.73 Å². The minimum absolute atomic E-state index is 0.619. The summed E-state index contributed by atoms with van der Waals surface area (Å²) in [5, 5.41) is 19.1. The molecule has 0 fully saturated rings. The van der Waals surface area contributed by atoms with Gasteiger partial charge in [-0.15, -0.1) is 0 Å². The number of halogens is 2. The van der Waals surface area contributed by atoms with Gasteiger partial charge >= 0.3 is 11.7 Å². The van der Waals surface area contributed by atoms with Crippen molar-refractivity contribution >= 4 is 17.3 Å². The minimum atomic E-state index is -3.25. The Morgan fingerprint density at radius 3 is 2.56 bits per heavy atom. The molecule has 16 heavy (non-hydrogen) atoms. The highest BCUT2D eigenvalue weighted by Gasteiger charge is 2.32. The van der Waals surface area contributed by atoms with E-state index in [4.69, 9.17) is 10.8 Å². The van der Waals surface area contributed by atoms with Gasteiger partial charge in [0, 0.05) is 0 Å². The molecule has 7 nitrogen and oxygen atoms in total. The molecular weight excluding hydrogens is 228 g/mol. The predicted molar refractivity (Wildman–Crippen MR) is 47.2 cm³/mol. The molecule has 0 saturated heterocycles. The molecule has 0 bridgehead atoms. The molecule has 1 aromatic heterocycles. The van der Waals surface area contributed by atoms with Crippen LogP contribution in [-0.4, -0.2) is 21.0 Å². The minimum Gasteiger partial charge on any atom is -0.476 e. The molecule has 0 aliphatic rings. The summed E-state index contributed by atoms with van der Waals surface area (Å²) in [7, 11) is 0. The number of nitrogen functional groups attached to an aromatic ring is 1. The van der Waals surface area contributed by atoms with Gasteiger partial charge in [-0.05, 0) is 0 Å². The molecule has 0 spiro atoms. The largest absolute Gasteiger partial charge is 0.476 e. The Bertz CT molecular complexity index is 463. The van der Waals surface area contributed by atoms with Gasteiger partial charge in [0.05, 0.1) is 16.8 Å². The van der Waals surface area contributed by atoms with E-state index in [9.17, 15) is 23.7 Å². The molecular formula is C7H5F2N3O4. The molecule has 1 rings (SSSR count). The zero-order chi connectivity index (χ0) is 12.5. The van der Waals surface area contributed by atoms with Gasteiger partial charge in [0.25, 0.3) is 6.43 Å². The number of anilines is 1. The van der Waals surface area contributed by atoms with E-state index in [0.717, 1.165) is 0 Å². The second-order valence-corrected chi connectivity index (χ2v) is 2.69. The molecule has 1 aromatic rings. The maximum Gasteiger partial charge on any atom is 0.361 e. The first-order valence-corrected chi connectivity index (χ1v) is 3.80. The van der Waals surface area contributed by atoms with Gasteiger partial charge in [-0.25, -0.2) is 18.6 Å². The molecule has 1 heterocycles. The number of hydrogen-bond acceptors (Lipinski definition) is 5. The third-order valence-corrected chi connectivity index (χ3v) is 1.73. The standard InChI is InChI=1S/C7H5F2N3O4/c8-6(9)3-2(10)1-11-4(7(13)14)5(3)12(15)16/h1,6H,10H2,(H,13,14). The average Bonchev–Trinajstić information content (AvgIpc) is 2.15. The number of hydrogen-bond donors (Lipinski definition) is 2. The topological polar surface area (TPSA) is 119 Å². The van der Waals surface area contributed by atoms with Gasteiger partial charge in [-0.2, -0.15) is 0 Å². The van der Waals surface area contributed by atoms with Gasteiger partial charge in [0.2, 0.25) is 5.69 Å². The van der Waals surface area contributed by atoms with Crippen LogP contribution in [-0.2, 0) is 0 Å². The molecule has 0 aliphatic heterocycles. The van der Waals surface area contributed by atoms with Gasteiger partial charge < -0.3 is 10.8 Å². The summed E-state index contributed by atoms with van der Waals surface area (Å²) in [6, 6.07) is 0. The molecule has 0 atom stereocenters. The maximum atomic E-state index is 12.5. The molecule has 0 amide bonds. The highest BCUT2D eigenvalue weighted by Crippen LogP contribution is 2.35. The third kappa shape index (κ3) is 1.87. The van der Waals surface area contributed by atoms with E-state index in [2.05, 4.69) is 4.98 Å². The second kappa shape index (κ2) is 4.04. The van der Waals surface area contributed by atoms with Crippen LogP contribution in [0.3, 0.4) is 0 Å². The molecule has 86 valence electrons. The predicted octanol–water partition coefficient (Wildman–Crippen LogP) is 1.21. The van der Waals surface area contributed by atoms with Crippen molar-refractivity contribution < 1.29 is 23.6 Å². The fraction of sp³-hybridized carbons (Fsp3) is 0.143. The van der Waals surface area contributed by atoms with Gasteiger partial charge in [-0.3, -0.25) is 10.1 Å². The van der Waals surface area contributed by atoms with Crippen molar-refractivity contribution in [3.8, 4) is 0 Å². The number of aromatic nitrogens is 1. The lowest BCUT2D eigenvalue weighted by Crippen LogP contribution is -2.11. The summed E-state index contributed by atoms with van der Waals surface area (Å²) in [5.74, 6) is -1.77. The lowest BCUT2D eigenvalue weighted by molar-refractivity contribution is -0.386. The summed E-state index contributed by atoms with van der Waals surface area (Å²) in [4.78, 5) is 23.0. The van der Waals surface area contributed by atoms with Gasteiger partial charge in [0.1, 0.15) is 5.56 Å². The van der Waals surface area contributed by atoms with Crippen molar-refractivity contribution in [2.24, 2.45) is 0 Å². The summed E-state index contributed by atoms with van der Waals surface area (Å²) in [6.45, 7) is 0. The molecule has 3 N–H and O–H groups in total. The number of aromatic carboxylic acids is 1. The van der Waals surface area contributed by atoms with E-state index < -0.39 is 40.0 Å². The maximum absolute atomic E-state index is 12.5. The number of carbonyl (C=O) groups is 1. The van der Waals surface area contributed by atoms with Gasteiger partial charge in [0.15, 0.2) is 0 Å². The van der Waals surface area contributed by atoms with Gasteiger partial charge in [-0.1, -0.05) is 0 Å². The third-order valence-electron chi connectivity index (χ3n) is 1.73. The van der Waals surface area contributed by atoms with E-state index in [-0.39, 0.29) is 0 Å². The number of nitrogens with two attached hydrogens (primary N) is 1. The number of nitrogens with zero attached hydrogens (tertiary/aromatic N) is 2. The lowest BCUT2D eigenvalue weighted by Gasteiger charge is -2.06. The summed E-state index contributed by atoms with van der Waals surface area (Å²) in [6.07, 6.45) is -2.60. The first-order valence-electron chi connectivity index (χ1n) is 3.80. The van der Waals surface area contributed by atoms with Crippen molar-refractivity contribution in [1.82, 2.24) is 4.98 Å². The first-order chi connectivity index (χ1) is 7.36. The molecule has 9 heteroatoms. The second-order valence-electron chi connectivity index (χ2n) is 2.69. The summed E-state index contributed by atoms with van der Waals surface area (Å²) in [5.41, 5.74) is 1.01. The number of carboxylic acids is 1. The van der Waals surface area contributed by atoms with Crippen molar-refractivity contribution in [3.63, 3.8) is 0 Å². The van der Waals surface area contributed by atoms with E-state index in [1.165, 1.54) is 0 Å². The highest BCUT2D eigenvalue weighted by molar-refractivity contribution is 5.91. The van der Waals surface area contributed by atoms with Crippen molar-refractivity contribution in [1.29, 1.82) is 0 Å². The SMILES string of the molecule is Nc1cnc(C(=O)O)c([N+](=O)[O-])c1C(F)F. The Morgan fingerprint density at radius 1 is 1.62 bits per heavy atom. The monoisotopic (exact) mass is 233 g/mol. The van der Waals surface area contributed by atoms with E-state index in [1.54, 1.807) is 0 Å². The fourth-order valence-electron chi connectivity index (χ4n) is 1.10. The number of pyridine rings is 1. The van der Waals surface area contributed by atoms with Crippen molar-refractivity contribution in [2.45, 2.75) is 6.43 Å². The van der Waals surface area contributed by atoms with Crippen LogP contribution in [0, 0.1) is 10.1 Å². The smallest absolute Gasteiger partial charge is 0.361 e. The fourth-order valence-corrected chi connectivity index (χ4v) is 1.10. The average molecular weight is 233 g/mol. The zero-order valence-electron chi connectivity index (χ0n) is 7.55. The van der Waals surface area contributed by atoms with E-state index >= 15 is 0 Å². The normalized spacial score (nSPS) is 10.4. The Kier molecular flexibility index (Phi) is 2.97. The Hall–Kier alpha value is -2.32. The van der Waals surface area contributed by atoms with Crippen LogP contribution in [0.15, 0.2) is 6.20 Å². The van der Waals surface area contributed by atoms with E-state index in [0.29, 0.717) is 6.20 Å². The van der Waals surface area contributed by atoms with Crippen LogP contribution in [0.2, 0.25) is 0 Å². The molecule has 0 aromatic carbocycles. The van der Waals surface area contributed by atoms with Crippen LogP contribution in [0.5, 0.6) is 0 Å². The number of alkyl halides is 2. The highest BCUT2D eigenvalue weighted by atomic mass is 19.3. The quantitative estimate of drug-likeness (QED) is 0.598. The summed E-state index contributed by atoms with van der Waals surface area (Å²) < 4.78 is 25.0. The zero-order valence-corrected chi connectivity index (χ0v) is 7.55. The first kappa shape index (κ1) is 11.8. The van der Waals surface area contributed by atoms with Crippen LogP contribution >= 0.6 is 0 Å². The Labute approximate surface area is 86.7 Å². The van der Waals surface area contributed by atoms with Crippen molar-refractivity contribution in [3.05, 3.63) is 27.6 Å². The van der Waals surface area contributed by atoms with Crippen LogP contribution in [0.25, 0.3) is 0 Å². The Balaban J connectivity index is 3.63. The summed E-state index contributed by atoms with van der Waals surface area (Å²) >= 11 is 0. The Morgan fingerprint density at radius 2 is 2.19 bits per heavy atom. The number of carboxylic acid groups (broad SMARTS) is 1. The molecule has 0 unspecified atom stereocenters.